The van der Waals surface area contributed by atoms with Gasteiger partial charge in [-0.3, -0.25) is 14.4 Å². The zero-order valence-corrected chi connectivity index (χ0v) is 31.9. The molecular weight excluding hydrogens is 628 g/mol. The van der Waals surface area contributed by atoms with E-state index in [4.69, 9.17) is 15.2 Å². The number of benzene rings is 1. The molecule has 278 valence electrons. The van der Waals surface area contributed by atoms with Crippen molar-refractivity contribution in [3.63, 3.8) is 0 Å². The van der Waals surface area contributed by atoms with Crippen LogP contribution in [0.15, 0.2) is 24.3 Å². The fourth-order valence-corrected chi connectivity index (χ4v) is 13.4. The SMILES string of the molecule is COc1cccc(CNC(=O)[C@]23CCCC2[C@@]2(N)CCC4[C@@]5(C)CCC(COC(=O)CC(C)(C)CC(=O)O)C(C)(C)C5CC[C@@]4(C)C2CC3)c1. The van der Waals surface area contributed by atoms with E-state index in [9.17, 15) is 19.5 Å². The van der Waals surface area contributed by atoms with E-state index in [1.54, 1.807) is 7.11 Å². The topological polar surface area (TPSA) is 128 Å². The molecule has 0 saturated heterocycles. The van der Waals surface area contributed by atoms with E-state index < -0.39 is 11.4 Å². The largest absolute Gasteiger partial charge is 0.497 e. The van der Waals surface area contributed by atoms with Crippen LogP contribution in [-0.4, -0.2) is 42.2 Å². The number of aliphatic carboxylic acids is 1. The molecule has 5 aliphatic carbocycles. The molecule has 5 aliphatic rings. The number of carboxylic acid groups (broad SMARTS) is 1. The molecule has 5 saturated carbocycles. The predicted octanol–water partition coefficient (Wildman–Crippen LogP) is 7.91. The zero-order valence-electron chi connectivity index (χ0n) is 31.9. The molecule has 8 nitrogen and oxygen atoms in total. The minimum atomic E-state index is -0.892. The van der Waals surface area contributed by atoms with Crippen molar-refractivity contribution in [3.05, 3.63) is 29.8 Å². The predicted molar refractivity (Wildman–Crippen MR) is 194 cm³/mol. The summed E-state index contributed by atoms with van der Waals surface area (Å²) in [7, 11) is 1.67. The van der Waals surface area contributed by atoms with E-state index in [0.717, 1.165) is 81.9 Å². The monoisotopic (exact) mass is 692 g/mol. The van der Waals surface area contributed by atoms with Gasteiger partial charge in [0, 0.05) is 12.1 Å². The van der Waals surface area contributed by atoms with Crippen LogP contribution in [0.3, 0.4) is 0 Å². The lowest BCUT2D eigenvalue weighted by atomic mass is 9.34. The van der Waals surface area contributed by atoms with Crippen LogP contribution in [0.1, 0.15) is 131 Å². The Balaban J connectivity index is 1.15. The molecule has 6 rings (SSSR count). The lowest BCUT2D eigenvalue weighted by Gasteiger charge is -2.71. The summed E-state index contributed by atoms with van der Waals surface area (Å²) >= 11 is 0. The van der Waals surface area contributed by atoms with E-state index in [1.807, 2.05) is 38.1 Å². The van der Waals surface area contributed by atoms with E-state index in [2.05, 4.69) is 33.0 Å². The number of carbonyl (C=O) groups is 3. The quantitative estimate of drug-likeness (QED) is 0.213. The van der Waals surface area contributed by atoms with Crippen LogP contribution in [0.5, 0.6) is 5.75 Å². The van der Waals surface area contributed by atoms with Crippen molar-refractivity contribution in [1.29, 1.82) is 0 Å². The number of amides is 1. The Morgan fingerprint density at radius 2 is 1.56 bits per heavy atom. The van der Waals surface area contributed by atoms with Crippen molar-refractivity contribution in [1.82, 2.24) is 5.32 Å². The number of nitrogens with two attached hydrogens (primary N) is 1. The van der Waals surface area contributed by atoms with Gasteiger partial charge in [-0.25, -0.2) is 0 Å². The Morgan fingerprint density at radius 3 is 2.28 bits per heavy atom. The van der Waals surface area contributed by atoms with Gasteiger partial charge >= 0.3 is 11.9 Å². The molecule has 1 aromatic rings. The summed E-state index contributed by atoms with van der Waals surface area (Å²) in [6.45, 7) is 14.5. The number of rotatable bonds is 10. The molecule has 0 bridgehead atoms. The van der Waals surface area contributed by atoms with E-state index in [0.29, 0.717) is 30.9 Å². The Hall–Kier alpha value is -2.61. The van der Waals surface area contributed by atoms with Crippen molar-refractivity contribution in [3.8, 4) is 5.75 Å². The Kier molecular flexibility index (Phi) is 9.74. The summed E-state index contributed by atoms with van der Waals surface area (Å²) in [4.78, 5) is 38.3. The molecule has 9 atom stereocenters. The fourth-order valence-electron chi connectivity index (χ4n) is 13.4. The minimum absolute atomic E-state index is 0.0104. The highest BCUT2D eigenvalue weighted by molar-refractivity contribution is 5.84. The molecule has 0 spiro atoms. The van der Waals surface area contributed by atoms with Crippen molar-refractivity contribution in [2.24, 2.45) is 62.4 Å². The van der Waals surface area contributed by atoms with Crippen LogP contribution in [0.4, 0.5) is 0 Å². The molecular formula is C42H64N2O6. The lowest BCUT2D eigenvalue weighted by Crippen LogP contribution is -2.72. The highest BCUT2D eigenvalue weighted by atomic mass is 16.5. The first-order valence-electron chi connectivity index (χ1n) is 19.5. The van der Waals surface area contributed by atoms with E-state index in [-0.39, 0.29) is 63.8 Å². The number of fused-ring (bicyclic) bond motifs is 7. The molecule has 50 heavy (non-hydrogen) atoms. The van der Waals surface area contributed by atoms with Gasteiger partial charge in [0.2, 0.25) is 5.91 Å². The summed E-state index contributed by atoms with van der Waals surface area (Å²) in [5, 5.41) is 12.6. The Bertz CT molecular complexity index is 1470. The number of carbonyl (C=O) groups excluding carboxylic acids is 2. The number of nitrogens with one attached hydrogen (secondary N) is 1. The van der Waals surface area contributed by atoms with Gasteiger partial charge in [-0.2, -0.15) is 0 Å². The molecule has 5 fully saturated rings. The van der Waals surface area contributed by atoms with Gasteiger partial charge in [0.15, 0.2) is 0 Å². The second kappa shape index (κ2) is 13.1. The first kappa shape index (κ1) is 37.2. The Labute approximate surface area is 300 Å². The van der Waals surface area contributed by atoms with Crippen molar-refractivity contribution in [2.75, 3.05) is 13.7 Å². The van der Waals surface area contributed by atoms with Gasteiger partial charge in [-0.1, -0.05) is 60.1 Å². The van der Waals surface area contributed by atoms with Gasteiger partial charge in [-0.15, -0.1) is 0 Å². The third-order valence-electron chi connectivity index (χ3n) is 15.7. The van der Waals surface area contributed by atoms with E-state index >= 15 is 0 Å². The summed E-state index contributed by atoms with van der Waals surface area (Å²) in [5.41, 5.74) is 7.79. The second-order valence-electron chi connectivity index (χ2n) is 19.2. The highest BCUT2D eigenvalue weighted by Gasteiger charge is 2.70. The number of methoxy groups -OCH3 is 1. The molecule has 5 unspecified atom stereocenters. The maximum Gasteiger partial charge on any atom is 0.306 e. The van der Waals surface area contributed by atoms with Crippen molar-refractivity contribution >= 4 is 17.8 Å². The molecule has 0 aromatic heterocycles. The van der Waals surface area contributed by atoms with Gasteiger partial charge in [-0.05, 0) is 133 Å². The third-order valence-corrected chi connectivity index (χ3v) is 15.7. The average molecular weight is 693 g/mol. The normalized spacial score (nSPS) is 38.8. The van der Waals surface area contributed by atoms with Crippen LogP contribution in [0.2, 0.25) is 0 Å². The highest BCUT2D eigenvalue weighted by Crippen LogP contribution is 2.74. The van der Waals surface area contributed by atoms with Gasteiger partial charge in [0.25, 0.3) is 0 Å². The van der Waals surface area contributed by atoms with Crippen molar-refractivity contribution in [2.45, 2.75) is 137 Å². The molecule has 0 aliphatic heterocycles. The fraction of sp³-hybridized carbons (Fsp3) is 0.786. The molecule has 0 heterocycles. The minimum Gasteiger partial charge on any atom is -0.497 e. The first-order valence-corrected chi connectivity index (χ1v) is 19.5. The first-order chi connectivity index (χ1) is 23.4. The Morgan fingerprint density at radius 1 is 0.880 bits per heavy atom. The maximum atomic E-state index is 14.2. The van der Waals surface area contributed by atoms with Gasteiger partial charge in [0.1, 0.15) is 5.75 Å². The number of esters is 1. The number of ether oxygens (including phenoxy) is 2. The standard InChI is InChI=1S/C42H64N2O6/c1-37(2,23-34(45)46)24-35(47)50-26-28-13-18-39(5)30(38(28,3)4)14-19-40(6)31(39)16-21-42(43)32(40)15-20-41(17-9-12-33(41)42)36(48)44-25-27-10-8-11-29(22-27)49-7/h8,10-11,22,28,30-33H,9,12-21,23-26,43H2,1-7H3,(H,44,48)(H,45,46)/t28?,30?,31?,32?,33?,39-,40+,41-,42+/m0/s1. The smallest absolute Gasteiger partial charge is 0.306 e. The zero-order chi connectivity index (χ0) is 36.3. The van der Waals surface area contributed by atoms with Crippen LogP contribution in [0, 0.1) is 56.7 Å². The average Bonchev–Trinajstić information content (AvgIpc) is 3.49. The third kappa shape index (κ3) is 6.17. The summed E-state index contributed by atoms with van der Waals surface area (Å²) in [6.07, 6.45) is 11.6. The molecule has 1 amide bonds. The number of hydrogen-bond donors (Lipinski definition) is 3. The van der Waals surface area contributed by atoms with Crippen LogP contribution in [0.25, 0.3) is 0 Å². The summed E-state index contributed by atoms with van der Waals surface area (Å²) in [6, 6.07) is 7.94. The van der Waals surface area contributed by atoms with Crippen LogP contribution in [-0.2, 0) is 25.7 Å². The lowest BCUT2D eigenvalue weighted by molar-refractivity contribution is -0.214. The van der Waals surface area contributed by atoms with E-state index in [1.165, 1.54) is 0 Å². The maximum absolute atomic E-state index is 14.2. The number of hydrogen-bond acceptors (Lipinski definition) is 6. The second-order valence-corrected chi connectivity index (χ2v) is 19.2. The molecule has 8 heteroatoms. The van der Waals surface area contributed by atoms with Gasteiger partial charge < -0.3 is 25.6 Å². The molecule has 1 aromatic carbocycles. The summed E-state index contributed by atoms with van der Waals surface area (Å²) < 4.78 is 11.3. The molecule has 4 N–H and O–H groups in total. The summed E-state index contributed by atoms with van der Waals surface area (Å²) in [5.74, 6) is 1.81. The van der Waals surface area contributed by atoms with Gasteiger partial charge in [0.05, 0.1) is 32.0 Å². The number of carboxylic acids is 1. The van der Waals surface area contributed by atoms with Crippen LogP contribution >= 0.6 is 0 Å². The van der Waals surface area contributed by atoms with Crippen molar-refractivity contribution < 1.29 is 29.0 Å². The van der Waals surface area contributed by atoms with Crippen LogP contribution < -0.4 is 15.8 Å². The molecule has 0 radical (unpaired) electrons.